The largest absolute Gasteiger partial charge is 0.467 e. The monoisotopic (exact) mass is 333 g/mol. The van der Waals surface area contributed by atoms with Gasteiger partial charge in [0.2, 0.25) is 0 Å². The first-order valence-corrected chi connectivity index (χ1v) is 6.53. The smallest absolute Gasteiger partial charge is 0.330 e. The molecule has 1 atom stereocenters. The van der Waals surface area contributed by atoms with Crippen LogP contribution < -0.4 is 5.32 Å². The Morgan fingerprint density at radius 2 is 2.16 bits per heavy atom. The Morgan fingerprint density at radius 3 is 2.68 bits per heavy atom. The summed E-state index contributed by atoms with van der Waals surface area (Å²) in [5.41, 5.74) is -0.461. The fraction of sp³-hybridized carbons (Fsp3) is 0.462. The second-order valence-corrected chi connectivity index (χ2v) is 5.01. The third-order valence-corrected chi connectivity index (χ3v) is 3.50. The van der Waals surface area contributed by atoms with Crippen LogP contribution in [0.25, 0.3) is 0 Å². The second-order valence-electron chi connectivity index (χ2n) is 4.16. The van der Waals surface area contributed by atoms with Crippen molar-refractivity contribution in [2.24, 2.45) is 0 Å². The second kappa shape index (κ2) is 6.98. The molecule has 0 bridgehead atoms. The van der Waals surface area contributed by atoms with E-state index in [1.165, 1.54) is 19.2 Å². The Hall–Kier alpha value is -0.980. The molecular weight excluding hydrogens is 317 g/mol. The van der Waals surface area contributed by atoms with Gasteiger partial charge in [-0.15, -0.1) is 0 Å². The van der Waals surface area contributed by atoms with Crippen LogP contribution in [-0.2, 0) is 19.8 Å². The van der Waals surface area contributed by atoms with E-state index in [9.17, 15) is 9.18 Å². The number of benzene rings is 1. The number of esters is 1. The predicted octanol–water partition coefficient (Wildman–Crippen LogP) is 2.21. The minimum absolute atomic E-state index is 0.375. The van der Waals surface area contributed by atoms with Crippen LogP contribution in [0.4, 0.5) is 4.39 Å². The van der Waals surface area contributed by atoms with Gasteiger partial charge < -0.3 is 9.47 Å². The standard InChI is InChI=1S/C13H17BrFNO3/c1-13(12(17)19-3,16-6-7-18-2)10-5-4-9(15)8-11(10)14/h4-5,8,16H,6-7H2,1-3H3. The number of hydrogen-bond donors (Lipinski definition) is 1. The third kappa shape index (κ3) is 3.75. The fourth-order valence-electron chi connectivity index (χ4n) is 1.78. The van der Waals surface area contributed by atoms with Gasteiger partial charge in [-0.2, -0.15) is 0 Å². The quantitative estimate of drug-likeness (QED) is 0.640. The summed E-state index contributed by atoms with van der Waals surface area (Å²) in [5, 5.41) is 3.07. The van der Waals surface area contributed by atoms with Crippen LogP contribution in [0.3, 0.4) is 0 Å². The van der Waals surface area contributed by atoms with E-state index in [-0.39, 0.29) is 5.82 Å². The molecule has 0 aliphatic heterocycles. The summed E-state index contributed by atoms with van der Waals surface area (Å²) in [4.78, 5) is 12.0. The maximum atomic E-state index is 13.1. The minimum atomic E-state index is -1.07. The van der Waals surface area contributed by atoms with Crippen molar-refractivity contribution in [3.63, 3.8) is 0 Å². The van der Waals surface area contributed by atoms with Crippen molar-refractivity contribution in [1.82, 2.24) is 5.32 Å². The van der Waals surface area contributed by atoms with Gasteiger partial charge in [-0.25, -0.2) is 9.18 Å². The van der Waals surface area contributed by atoms with E-state index < -0.39 is 11.5 Å². The van der Waals surface area contributed by atoms with Crippen molar-refractivity contribution >= 4 is 21.9 Å². The van der Waals surface area contributed by atoms with Crippen LogP contribution in [-0.4, -0.2) is 33.3 Å². The molecule has 1 N–H and O–H groups in total. The third-order valence-electron chi connectivity index (χ3n) is 2.85. The Labute approximate surface area is 120 Å². The SMILES string of the molecule is COCCNC(C)(C(=O)OC)c1ccc(F)cc1Br. The predicted molar refractivity (Wildman–Crippen MR) is 73.3 cm³/mol. The Bertz CT molecular complexity index is 456. The highest BCUT2D eigenvalue weighted by Crippen LogP contribution is 2.30. The molecule has 1 unspecified atom stereocenters. The first-order valence-electron chi connectivity index (χ1n) is 5.73. The first kappa shape index (κ1) is 16.1. The van der Waals surface area contributed by atoms with Crippen LogP contribution in [0.2, 0.25) is 0 Å². The number of ether oxygens (including phenoxy) is 2. The molecular formula is C13H17BrFNO3. The number of halogens is 2. The zero-order valence-electron chi connectivity index (χ0n) is 11.1. The molecule has 0 saturated carbocycles. The van der Waals surface area contributed by atoms with Gasteiger partial charge in [-0.1, -0.05) is 22.0 Å². The summed E-state index contributed by atoms with van der Waals surface area (Å²) < 4.78 is 23.4. The van der Waals surface area contributed by atoms with E-state index in [2.05, 4.69) is 21.2 Å². The summed E-state index contributed by atoms with van der Waals surface area (Å²) in [6.45, 7) is 2.60. The molecule has 1 rings (SSSR count). The maximum absolute atomic E-state index is 13.1. The molecule has 0 aliphatic carbocycles. The van der Waals surface area contributed by atoms with E-state index in [1.54, 1.807) is 20.1 Å². The number of nitrogens with one attached hydrogen (secondary N) is 1. The molecule has 106 valence electrons. The highest BCUT2D eigenvalue weighted by molar-refractivity contribution is 9.10. The topological polar surface area (TPSA) is 47.6 Å². The minimum Gasteiger partial charge on any atom is -0.467 e. The van der Waals surface area contributed by atoms with Gasteiger partial charge in [0.05, 0.1) is 13.7 Å². The van der Waals surface area contributed by atoms with Crippen LogP contribution >= 0.6 is 15.9 Å². The lowest BCUT2D eigenvalue weighted by Crippen LogP contribution is -2.48. The summed E-state index contributed by atoms with van der Waals surface area (Å²) in [6, 6.07) is 4.17. The Balaban J connectivity index is 3.11. The van der Waals surface area contributed by atoms with Crippen LogP contribution in [0, 0.1) is 5.82 Å². The number of hydrogen-bond acceptors (Lipinski definition) is 4. The molecule has 0 radical (unpaired) electrons. The fourth-order valence-corrected chi connectivity index (χ4v) is 2.53. The zero-order chi connectivity index (χ0) is 14.5. The van der Waals surface area contributed by atoms with E-state index in [1.807, 2.05) is 0 Å². The van der Waals surface area contributed by atoms with Crippen molar-refractivity contribution in [2.75, 3.05) is 27.4 Å². The summed E-state index contributed by atoms with van der Waals surface area (Å²) in [7, 11) is 2.89. The molecule has 6 heteroatoms. The zero-order valence-corrected chi connectivity index (χ0v) is 12.7. The molecule has 0 spiro atoms. The van der Waals surface area contributed by atoms with Gasteiger partial charge in [0, 0.05) is 18.1 Å². The van der Waals surface area contributed by atoms with Crippen LogP contribution in [0.5, 0.6) is 0 Å². The molecule has 19 heavy (non-hydrogen) atoms. The molecule has 0 amide bonds. The van der Waals surface area contributed by atoms with Gasteiger partial charge >= 0.3 is 5.97 Å². The lowest BCUT2D eigenvalue weighted by Gasteiger charge is -2.29. The number of rotatable bonds is 6. The molecule has 0 saturated heterocycles. The Kier molecular flexibility index (Phi) is 5.90. The average Bonchev–Trinajstić information content (AvgIpc) is 2.37. The number of carbonyl (C=O) groups is 1. The van der Waals surface area contributed by atoms with Crippen molar-refractivity contribution < 1.29 is 18.7 Å². The summed E-state index contributed by atoms with van der Waals surface area (Å²) in [5.74, 6) is -0.823. The van der Waals surface area contributed by atoms with Gasteiger partial charge in [-0.05, 0) is 24.6 Å². The molecule has 1 aromatic carbocycles. The molecule has 0 aromatic heterocycles. The van der Waals surface area contributed by atoms with Gasteiger partial charge in [0.1, 0.15) is 11.4 Å². The molecule has 4 nitrogen and oxygen atoms in total. The van der Waals surface area contributed by atoms with E-state index in [0.29, 0.717) is 23.2 Å². The van der Waals surface area contributed by atoms with E-state index >= 15 is 0 Å². The number of carbonyl (C=O) groups excluding carboxylic acids is 1. The lowest BCUT2D eigenvalue weighted by atomic mass is 9.92. The first-order chi connectivity index (χ1) is 8.95. The highest BCUT2D eigenvalue weighted by Gasteiger charge is 2.37. The van der Waals surface area contributed by atoms with Crippen LogP contribution in [0.15, 0.2) is 22.7 Å². The van der Waals surface area contributed by atoms with Gasteiger partial charge in [0.25, 0.3) is 0 Å². The summed E-state index contributed by atoms with van der Waals surface area (Å²) in [6.07, 6.45) is 0. The molecule has 1 aromatic rings. The average molecular weight is 334 g/mol. The van der Waals surface area contributed by atoms with Crippen molar-refractivity contribution in [3.05, 3.63) is 34.1 Å². The van der Waals surface area contributed by atoms with Gasteiger partial charge in [-0.3, -0.25) is 5.32 Å². The Morgan fingerprint density at radius 1 is 1.47 bits per heavy atom. The van der Waals surface area contributed by atoms with E-state index in [0.717, 1.165) is 0 Å². The molecule has 0 aliphatic rings. The van der Waals surface area contributed by atoms with Crippen molar-refractivity contribution in [3.8, 4) is 0 Å². The van der Waals surface area contributed by atoms with E-state index in [4.69, 9.17) is 9.47 Å². The molecule has 0 fully saturated rings. The van der Waals surface area contributed by atoms with Crippen molar-refractivity contribution in [1.29, 1.82) is 0 Å². The highest BCUT2D eigenvalue weighted by atomic mass is 79.9. The van der Waals surface area contributed by atoms with Gasteiger partial charge in [0.15, 0.2) is 0 Å². The van der Waals surface area contributed by atoms with Crippen molar-refractivity contribution in [2.45, 2.75) is 12.5 Å². The molecule has 0 heterocycles. The van der Waals surface area contributed by atoms with Crippen LogP contribution in [0.1, 0.15) is 12.5 Å². The normalized spacial score (nSPS) is 13.9. The maximum Gasteiger partial charge on any atom is 0.330 e. The number of methoxy groups -OCH3 is 2. The lowest BCUT2D eigenvalue weighted by molar-refractivity contribution is -0.148. The summed E-state index contributed by atoms with van der Waals surface area (Å²) >= 11 is 3.27.